The predicted octanol–water partition coefficient (Wildman–Crippen LogP) is -5.39. The van der Waals surface area contributed by atoms with E-state index in [0.717, 1.165) is 11.5 Å². The molecule has 0 bridgehead atoms. The number of nitrogens with one attached hydrogen (secondary N) is 1. The van der Waals surface area contributed by atoms with Gasteiger partial charge in [-0.2, -0.15) is 4.98 Å². The lowest BCUT2D eigenvalue weighted by molar-refractivity contribution is -0.316. The molecular weight excluding hydrogens is 504 g/mol. The van der Waals surface area contributed by atoms with E-state index in [1.807, 2.05) is 0 Å². The van der Waals surface area contributed by atoms with E-state index in [1.165, 1.54) is 12.3 Å². The summed E-state index contributed by atoms with van der Waals surface area (Å²) in [6, 6.07) is -0.142. The van der Waals surface area contributed by atoms with Crippen LogP contribution in [0.2, 0.25) is 0 Å². The zero-order valence-electron chi connectivity index (χ0n) is 19.5. The molecule has 2 fully saturated rings. The summed E-state index contributed by atoms with van der Waals surface area (Å²) in [5.41, 5.74) is 4.55. The van der Waals surface area contributed by atoms with Crippen LogP contribution in [0.15, 0.2) is 17.1 Å². The number of nitrogens with zero attached hydrogens (tertiary/aromatic N) is 2. The largest absolute Gasteiger partial charge is 0.477 e. The number of aliphatic hydroxyl groups excluding tert-OH is 6. The minimum absolute atomic E-state index is 0.0915. The standard InChI is InChI=1S/C20H30N4O13/c1-7(26)22-12-8(27)4-20(18(32)33,37-16(12)13(29)9(28)5-25)35-6-10-14(30)15(31)17(36-10)24-3-2-11(21)23-19(24)34/h2-3,8-10,12-17,25,27-31H,4-6H2,1H3,(H,22,26)(H,32,33)(H2,21,23,34)/t8?,9-,10-,12?,13-,14-,15-,16?,17-,20-/m1/s1. The molecule has 10 atom stereocenters. The van der Waals surface area contributed by atoms with Crippen molar-refractivity contribution in [2.24, 2.45) is 0 Å². The third kappa shape index (κ3) is 5.89. The highest BCUT2D eigenvalue weighted by Crippen LogP contribution is 2.35. The summed E-state index contributed by atoms with van der Waals surface area (Å²) in [6.45, 7) is -0.608. The van der Waals surface area contributed by atoms with Crippen LogP contribution in [0.4, 0.5) is 5.82 Å². The van der Waals surface area contributed by atoms with Crippen molar-refractivity contribution in [3.05, 3.63) is 22.7 Å². The molecule has 3 rings (SSSR count). The number of anilines is 1. The van der Waals surface area contributed by atoms with Crippen LogP contribution >= 0.6 is 0 Å². The fraction of sp³-hybridized carbons (Fsp3) is 0.700. The maximum absolute atomic E-state index is 12.2. The zero-order valence-corrected chi connectivity index (χ0v) is 19.5. The number of hydrogen-bond acceptors (Lipinski definition) is 14. The van der Waals surface area contributed by atoms with Crippen molar-refractivity contribution in [3.63, 3.8) is 0 Å². The Balaban J connectivity index is 1.82. The monoisotopic (exact) mass is 534 g/mol. The highest BCUT2D eigenvalue weighted by molar-refractivity contribution is 5.76. The van der Waals surface area contributed by atoms with Gasteiger partial charge < -0.3 is 61.0 Å². The van der Waals surface area contributed by atoms with Crippen LogP contribution in [-0.2, 0) is 23.8 Å². The van der Waals surface area contributed by atoms with Crippen LogP contribution in [0.25, 0.3) is 0 Å². The Morgan fingerprint density at radius 1 is 1.32 bits per heavy atom. The van der Waals surface area contributed by atoms with E-state index in [2.05, 4.69) is 10.3 Å². The molecular formula is C20H30N4O13. The van der Waals surface area contributed by atoms with Gasteiger partial charge in [0.25, 0.3) is 5.79 Å². The molecule has 17 nitrogen and oxygen atoms in total. The van der Waals surface area contributed by atoms with Gasteiger partial charge in [0, 0.05) is 19.5 Å². The first kappa shape index (κ1) is 28.8. The SMILES string of the molecule is CC(=O)NC1C(O)C[C@](OC[C@H]2O[C@@H](n3ccc(N)nc3=O)[C@H](O)[C@@H]2O)(C(=O)O)OC1[C@H](O)[C@H](O)CO. The molecule has 0 spiro atoms. The van der Waals surface area contributed by atoms with Crippen LogP contribution in [0, 0.1) is 0 Å². The van der Waals surface area contributed by atoms with Gasteiger partial charge in [-0.3, -0.25) is 9.36 Å². The zero-order chi connectivity index (χ0) is 27.7. The highest BCUT2D eigenvalue weighted by Gasteiger charge is 2.56. The number of hydrogen-bond donors (Lipinski definition) is 9. The smallest absolute Gasteiger partial charge is 0.364 e. The van der Waals surface area contributed by atoms with E-state index in [0.29, 0.717) is 0 Å². The number of aliphatic carboxylic acids is 1. The van der Waals surface area contributed by atoms with E-state index < -0.39 is 98.0 Å². The summed E-state index contributed by atoms with van der Waals surface area (Å²) >= 11 is 0. The normalized spacial score (nSPS) is 35.6. The van der Waals surface area contributed by atoms with Gasteiger partial charge in [0.1, 0.15) is 42.4 Å². The first-order valence-corrected chi connectivity index (χ1v) is 11.1. The Morgan fingerprint density at radius 3 is 2.57 bits per heavy atom. The number of nitrogens with two attached hydrogens (primary N) is 1. The third-order valence-electron chi connectivity index (χ3n) is 6.13. The number of rotatable bonds is 9. The topological polar surface area (TPSA) is 276 Å². The molecule has 2 aliphatic rings. The minimum atomic E-state index is -2.68. The Labute approximate surface area is 208 Å². The van der Waals surface area contributed by atoms with Gasteiger partial charge >= 0.3 is 11.7 Å². The van der Waals surface area contributed by atoms with Gasteiger partial charge in [-0.1, -0.05) is 0 Å². The van der Waals surface area contributed by atoms with Crippen molar-refractivity contribution in [2.75, 3.05) is 18.9 Å². The van der Waals surface area contributed by atoms with Crippen LogP contribution in [0.5, 0.6) is 0 Å². The Kier molecular flexibility index (Phi) is 8.83. The second-order valence-electron chi connectivity index (χ2n) is 8.78. The molecule has 0 aliphatic carbocycles. The summed E-state index contributed by atoms with van der Waals surface area (Å²) in [5, 5.41) is 73.2. The summed E-state index contributed by atoms with van der Waals surface area (Å²) in [7, 11) is 0. The summed E-state index contributed by atoms with van der Waals surface area (Å²) in [4.78, 5) is 39.4. The lowest BCUT2D eigenvalue weighted by atomic mass is 9.88. The lowest BCUT2D eigenvalue weighted by Gasteiger charge is -2.46. The number of aliphatic hydroxyl groups is 6. The number of carbonyl (C=O) groups is 2. The summed E-state index contributed by atoms with van der Waals surface area (Å²) in [6.07, 6.45) is -13.0. The lowest BCUT2D eigenvalue weighted by Crippen LogP contribution is -2.68. The van der Waals surface area contributed by atoms with E-state index >= 15 is 0 Å². The maximum atomic E-state index is 12.2. The molecule has 1 amide bonds. The van der Waals surface area contributed by atoms with E-state index in [-0.39, 0.29) is 5.82 Å². The summed E-state index contributed by atoms with van der Waals surface area (Å²) < 4.78 is 17.3. The van der Waals surface area contributed by atoms with E-state index in [9.17, 15) is 50.1 Å². The molecule has 3 heterocycles. The quantitative estimate of drug-likeness (QED) is 0.143. The van der Waals surface area contributed by atoms with Gasteiger partial charge in [0.2, 0.25) is 5.91 Å². The van der Waals surface area contributed by atoms with Crippen LogP contribution in [0.1, 0.15) is 19.6 Å². The number of aromatic nitrogens is 2. The molecule has 0 radical (unpaired) electrons. The fourth-order valence-corrected chi connectivity index (χ4v) is 4.21. The van der Waals surface area contributed by atoms with Gasteiger partial charge in [-0.05, 0) is 6.07 Å². The molecule has 2 saturated heterocycles. The average Bonchev–Trinajstić information content (AvgIpc) is 3.11. The highest BCUT2D eigenvalue weighted by atomic mass is 16.7. The molecule has 1 aromatic heterocycles. The maximum Gasteiger partial charge on any atom is 0.364 e. The van der Waals surface area contributed by atoms with Gasteiger partial charge in [0.15, 0.2) is 6.23 Å². The number of carbonyl (C=O) groups excluding carboxylic acids is 1. The van der Waals surface area contributed by atoms with E-state index in [4.69, 9.17) is 19.9 Å². The molecule has 1 aromatic rings. The number of ether oxygens (including phenoxy) is 3. The number of amides is 1. The fourth-order valence-electron chi connectivity index (χ4n) is 4.21. The molecule has 37 heavy (non-hydrogen) atoms. The van der Waals surface area contributed by atoms with Gasteiger partial charge in [0.05, 0.1) is 25.4 Å². The van der Waals surface area contributed by atoms with Crippen molar-refractivity contribution in [2.45, 2.75) is 74.1 Å². The van der Waals surface area contributed by atoms with Gasteiger partial charge in [-0.15, -0.1) is 0 Å². The second kappa shape index (κ2) is 11.3. The summed E-state index contributed by atoms with van der Waals surface area (Å²) in [5.74, 6) is -5.21. The van der Waals surface area contributed by atoms with Crippen molar-refractivity contribution in [1.82, 2.24) is 14.9 Å². The molecule has 208 valence electrons. The predicted molar refractivity (Wildman–Crippen MR) is 117 cm³/mol. The first-order chi connectivity index (χ1) is 17.3. The molecule has 10 N–H and O–H groups in total. The number of nitrogen functional groups attached to an aromatic ring is 1. The van der Waals surface area contributed by atoms with Crippen molar-refractivity contribution >= 4 is 17.7 Å². The minimum Gasteiger partial charge on any atom is -0.477 e. The Morgan fingerprint density at radius 2 is 2.00 bits per heavy atom. The molecule has 3 unspecified atom stereocenters. The van der Waals surface area contributed by atoms with Crippen LogP contribution in [0.3, 0.4) is 0 Å². The molecule has 2 aliphatic heterocycles. The average molecular weight is 534 g/mol. The number of carboxylic acids is 1. The second-order valence-corrected chi connectivity index (χ2v) is 8.78. The van der Waals surface area contributed by atoms with Gasteiger partial charge in [-0.25, -0.2) is 9.59 Å². The Hall–Kier alpha value is -2.74. The van der Waals surface area contributed by atoms with Crippen molar-refractivity contribution in [3.8, 4) is 0 Å². The van der Waals surface area contributed by atoms with Crippen LogP contribution < -0.4 is 16.7 Å². The third-order valence-corrected chi connectivity index (χ3v) is 6.13. The van der Waals surface area contributed by atoms with Crippen LogP contribution in [-0.4, -0.2) is 125 Å². The Bertz CT molecular complexity index is 1040. The first-order valence-electron chi connectivity index (χ1n) is 11.1. The number of carboxylic acid groups (broad SMARTS) is 1. The van der Waals surface area contributed by atoms with Crippen molar-refractivity contribution < 1.29 is 59.5 Å². The molecule has 0 aromatic carbocycles. The van der Waals surface area contributed by atoms with Crippen molar-refractivity contribution in [1.29, 1.82) is 0 Å². The molecule has 0 saturated carbocycles. The molecule has 17 heteroatoms. The van der Waals surface area contributed by atoms with E-state index in [1.54, 1.807) is 0 Å².